The van der Waals surface area contributed by atoms with Gasteiger partial charge in [-0.2, -0.15) is 5.26 Å². The minimum atomic E-state index is -0.472. The number of hydrogen-bond acceptors (Lipinski definition) is 4. The number of amides is 1. The Labute approximate surface area is 179 Å². The van der Waals surface area contributed by atoms with Crippen LogP contribution >= 0.6 is 0 Å². The average Bonchev–Trinajstić information content (AvgIpc) is 3.21. The molecule has 3 aromatic rings. The summed E-state index contributed by atoms with van der Waals surface area (Å²) in [5, 5.41) is 13.3. The number of nitriles is 1. The largest absolute Gasteiger partial charge is 0.378 e. The molecule has 1 aliphatic heterocycles. The number of para-hydroxylation sites is 1. The standard InChI is InChI=1S/C24H23FN4O2/c25-21-14-17(5-6-23(21)29-9-11-31-12-10-29)13-19(15-26)24(30)27-8-7-18-16-28-22-4-2-1-3-20(18)22/h1-6,13-14,16,28H,7-12H2,(H,27,30)/b19-13-. The molecule has 1 aliphatic rings. The number of morpholine rings is 1. The Balaban J connectivity index is 1.40. The fourth-order valence-corrected chi connectivity index (χ4v) is 3.73. The summed E-state index contributed by atoms with van der Waals surface area (Å²) in [7, 11) is 0. The number of H-pyrrole nitrogens is 1. The Morgan fingerprint density at radius 1 is 1.26 bits per heavy atom. The Morgan fingerprint density at radius 2 is 2.06 bits per heavy atom. The van der Waals surface area contributed by atoms with E-state index in [2.05, 4.69) is 10.3 Å². The van der Waals surface area contributed by atoms with Crippen molar-refractivity contribution in [3.05, 3.63) is 71.2 Å². The molecule has 2 heterocycles. The minimum Gasteiger partial charge on any atom is -0.378 e. The second kappa shape index (κ2) is 9.45. The molecule has 0 spiro atoms. The van der Waals surface area contributed by atoms with E-state index < -0.39 is 5.91 Å². The van der Waals surface area contributed by atoms with Crippen LogP contribution < -0.4 is 10.2 Å². The van der Waals surface area contributed by atoms with Crippen molar-refractivity contribution < 1.29 is 13.9 Å². The zero-order valence-electron chi connectivity index (χ0n) is 17.0. The first kappa shape index (κ1) is 20.6. The molecule has 1 fully saturated rings. The first-order valence-electron chi connectivity index (χ1n) is 10.2. The lowest BCUT2D eigenvalue weighted by Gasteiger charge is -2.29. The van der Waals surface area contributed by atoms with Crippen molar-refractivity contribution in [1.29, 1.82) is 5.26 Å². The highest BCUT2D eigenvalue weighted by atomic mass is 19.1. The lowest BCUT2D eigenvalue weighted by Crippen LogP contribution is -2.36. The lowest BCUT2D eigenvalue weighted by atomic mass is 10.1. The molecule has 1 aromatic heterocycles. The van der Waals surface area contributed by atoms with Gasteiger partial charge in [0.1, 0.15) is 17.5 Å². The van der Waals surface area contributed by atoms with E-state index in [9.17, 15) is 14.4 Å². The molecule has 1 saturated heterocycles. The molecule has 4 rings (SSSR count). The predicted molar refractivity (Wildman–Crippen MR) is 118 cm³/mol. The minimum absolute atomic E-state index is 0.0579. The molecule has 31 heavy (non-hydrogen) atoms. The summed E-state index contributed by atoms with van der Waals surface area (Å²) >= 11 is 0. The van der Waals surface area contributed by atoms with Gasteiger partial charge in [0.05, 0.1) is 18.9 Å². The fraction of sp³-hybridized carbons (Fsp3) is 0.250. The van der Waals surface area contributed by atoms with Crippen LogP contribution in [0.15, 0.2) is 54.2 Å². The van der Waals surface area contributed by atoms with Crippen LogP contribution in [0.3, 0.4) is 0 Å². The van der Waals surface area contributed by atoms with Gasteiger partial charge in [-0.15, -0.1) is 0 Å². The third-order valence-corrected chi connectivity index (χ3v) is 5.35. The number of rotatable bonds is 6. The maximum Gasteiger partial charge on any atom is 0.261 e. The number of halogens is 1. The van der Waals surface area contributed by atoms with E-state index in [4.69, 9.17) is 4.74 Å². The van der Waals surface area contributed by atoms with Crippen LogP contribution in [0.1, 0.15) is 11.1 Å². The number of anilines is 1. The van der Waals surface area contributed by atoms with E-state index in [-0.39, 0.29) is 11.4 Å². The summed E-state index contributed by atoms with van der Waals surface area (Å²) in [4.78, 5) is 17.6. The highest BCUT2D eigenvalue weighted by Gasteiger charge is 2.16. The predicted octanol–water partition coefficient (Wildman–Crippen LogP) is 3.41. The Morgan fingerprint density at radius 3 is 2.84 bits per heavy atom. The van der Waals surface area contributed by atoms with Gasteiger partial charge in [-0.05, 0) is 41.8 Å². The Bertz CT molecular complexity index is 1160. The van der Waals surface area contributed by atoms with Crippen LogP contribution in [0.25, 0.3) is 17.0 Å². The van der Waals surface area contributed by atoms with Gasteiger partial charge in [0, 0.05) is 36.7 Å². The molecule has 2 aromatic carbocycles. The molecule has 0 aliphatic carbocycles. The third-order valence-electron chi connectivity index (χ3n) is 5.35. The monoisotopic (exact) mass is 418 g/mol. The summed E-state index contributed by atoms with van der Waals surface area (Å²) in [5.41, 5.74) is 3.06. The summed E-state index contributed by atoms with van der Waals surface area (Å²) in [5.74, 6) is -0.854. The van der Waals surface area contributed by atoms with Gasteiger partial charge < -0.3 is 19.9 Å². The van der Waals surface area contributed by atoms with Crippen molar-refractivity contribution in [2.45, 2.75) is 6.42 Å². The lowest BCUT2D eigenvalue weighted by molar-refractivity contribution is -0.117. The van der Waals surface area contributed by atoms with E-state index >= 15 is 0 Å². The number of nitrogens with one attached hydrogen (secondary N) is 2. The average molecular weight is 418 g/mol. The van der Waals surface area contributed by atoms with Gasteiger partial charge in [-0.25, -0.2) is 4.39 Å². The second-order valence-electron chi connectivity index (χ2n) is 7.35. The molecule has 0 unspecified atom stereocenters. The quantitative estimate of drug-likeness (QED) is 0.475. The number of hydrogen-bond donors (Lipinski definition) is 2. The van der Waals surface area contributed by atoms with Crippen LogP contribution in [0.4, 0.5) is 10.1 Å². The molecule has 158 valence electrons. The van der Waals surface area contributed by atoms with E-state index in [0.29, 0.717) is 50.5 Å². The van der Waals surface area contributed by atoms with Crippen molar-refractivity contribution in [1.82, 2.24) is 10.3 Å². The van der Waals surface area contributed by atoms with E-state index in [0.717, 1.165) is 16.5 Å². The van der Waals surface area contributed by atoms with Gasteiger partial charge in [0.25, 0.3) is 5.91 Å². The number of ether oxygens (including phenoxy) is 1. The summed E-state index contributed by atoms with van der Waals surface area (Å²) in [6.07, 6.45) is 3.97. The SMILES string of the molecule is N#C/C(=C/c1ccc(N2CCOCC2)c(F)c1)C(=O)NCCc1c[nH]c2ccccc12. The summed E-state index contributed by atoms with van der Waals surface area (Å²) < 4.78 is 19.9. The number of carbonyl (C=O) groups excluding carboxylic acids is 1. The number of carbonyl (C=O) groups is 1. The zero-order chi connectivity index (χ0) is 21.6. The topological polar surface area (TPSA) is 81.2 Å². The van der Waals surface area contributed by atoms with Crippen molar-refractivity contribution in [2.75, 3.05) is 37.7 Å². The molecule has 6 nitrogen and oxygen atoms in total. The van der Waals surface area contributed by atoms with Crippen molar-refractivity contribution in [3.63, 3.8) is 0 Å². The Hall–Kier alpha value is -3.63. The molecule has 0 bridgehead atoms. The van der Waals surface area contributed by atoms with Crippen molar-refractivity contribution >= 4 is 28.6 Å². The first-order valence-corrected chi connectivity index (χ1v) is 10.2. The van der Waals surface area contributed by atoms with Gasteiger partial charge in [-0.1, -0.05) is 24.3 Å². The van der Waals surface area contributed by atoms with Gasteiger partial charge >= 0.3 is 0 Å². The summed E-state index contributed by atoms with van der Waals surface area (Å²) in [6, 6.07) is 14.6. The normalized spacial score (nSPS) is 14.5. The van der Waals surface area contributed by atoms with Gasteiger partial charge in [0.2, 0.25) is 0 Å². The summed E-state index contributed by atoms with van der Waals surface area (Å²) in [6.45, 7) is 2.80. The number of fused-ring (bicyclic) bond motifs is 1. The number of nitrogens with zero attached hydrogens (tertiary/aromatic N) is 2. The molecule has 7 heteroatoms. The zero-order valence-corrected chi connectivity index (χ0v) is 17.0. The Kier molecular flexibility index (Phi) is 6.29. The molecule has 1 amide bonds. The van der Waals surface area contributed by atoms with Crippen molar-refractivity contribution in [2.24, 2.45) is 0 Å². The van der Waals surface area contributed by atoms with Gasteiger partial charge in [0.15, 0.2) is 0 Å². The third kappa shape index (κ3) is 4.76. The fourth-order valence-electron chi connectivity index (χ4n) is 3.73. The highest BCUT2D eigenvalue weighted by molar-refractivity contribution is 6.01. The van der Waals surface area contributed by atoms with Crippen LogP contribution in [-0.2, 0) is 16.0 Å². The maximum absolute atomic E-state index is 14.6. The van der Waals surface area contributed by atoms with Crippen LogP contribution in [-0.4, -0.2) is 43.7 Å². The molecule has 0 saturated carbocycles. The van der Waals surface area contributed by atoms with E-state index in [1.54, 1.807) is 12.1 Å². The number of aromatic nitrogens is 1. The molecule has 0 atom stereocenters. The molecular formula is C24H23FN4O2. The van der Waals surface area contributed by atoms with E-state index in [1.165, 1.54) is 12.1 Å². The maximum atomic E-state index is 14.6. The second-order valence-corrected chi connectivity index (χ2v) is 7.35. The van der Waals surface area contributed by atoms with Crippen LogP contribution in [0, 0.1) is 17.1 Å². The van der Waals surface area contributed by atoms with Gasteiger partial charge in [-0.3, -0.25) is 4.79 Å². The van der Waals surface area contributed by atoms with E-state index in [1.807, 2.05) is 41.4 Å². The molecule has 2 N–H and O–H groups in total. The molecule has 0 radical (unpaired) electrons. The van der Waals surface area contributed by atoms with Crippen LogP contribution in [0.5, 0.6) is 0 Å². The van der Waals surface area contributed by atoms with Crippen molar-refractivity contribution in [3.8, 4) is 6.07 Å². The number of aromatic amines is 1. The smallest absolute Gasteiger partial charge is 0.261 e. The van der Waals surface area contributed by atoms with Crippen LogP contribution in [0.2, 0.25) is 0 Å². The molecular weight excluding hydrogens is 395 g/mol. The number of benzene rings is 2. The first-order chi connectivity index (χ1) is 15.2. The highest BCUT2D eigenvalue weighted by Crippen LogP contribution is 2.23.